The number of halogens is 2. The number of ether oxygens (including phenoxy) is 1. The molecule has 2 rings (SSSR count). The third kappa shape index (κ3) is 3.69. The second-order valence-corrected chi connectivity index (χ2v) is 5.96. The number of carboxylic acid groups (broad SMARTS) is 1. The molecule has 0 fully saturated rings. The van der Waals surface area contributed by atoms with Gasteiger partial charge < -0.3 is 15.2 Å². The molecule has 114 valence electrons. The molecule has 7 heteroatoms. The van der Waals surface area contributed by atoms with E-state index in [1.54, 1.807) is 24.3 Å². The van der Waals surface area contributed by atoms with Crippen molar-refractivity contribution in [3.8, 4) is 5.75 Å². The molecule has 1 amide bonds. The van der Waals surface area contributed by atoms with Crippen LogP contribution in [-0.2, 0) is 0 Å². The molecule has 0 radical (unpaired) electrons. The van der Waals surface area contributed by atoms with E-state index in [-0.39, 0.29) is 27.9 Å². The van der Waals surface area contributed by atoms with Crippen molar-refractivity contribution in [2.24, 2.45) is 0 Å². The third-order valence-corrected chi connectivity index (χ3v) is 3.85. The zero-order valence-corrected chi connectivity index (χ0v) is 14.3. The van der Waals surface area contributed by atoms with Crippen molar-refractivity contribution in [1.82, 2.24) is 0 Å². The molecule has 2 aromatic rings. The van der Waals surface area contributed by atoms with Gasteiger partial charge in [-0.05, 0) is 59.0 Å². The predicted molar refractivity (Wildman–Crippen MR) is 92.1 cm³/mol. The lowest BCUT2D eigenvalue weighted by atomic mass is 10.1. The number of benzene rings is 2. The lowest BCUT2D eigenvalue weighted by molar-refractivity contribution is 0.0696. The van der Waals surface area contributed by atoms with Crippen LogP contribution in [0, 0.1) is 3.57 Å². The summed E-state index contributed by atoms with van der Waals surface area (Å²) in [7, 11) is 1.39. The molecule has 2 aromatic carbocycles. The summed E-state index contributed by atoms with van der Waals surface area (Å²) >= 11 is 8.12. The molecule has 0 aliphatic rings. The molecule has 0 saturated carbocycles. The van der Waals surface area contributed by atoms with Crippen molar-refractivity contribution >= 4 is 51.8 Å². The van der Waals surface area contributed by atoms with Crippen molar-refractivity contribution in [3.05, 3.63) is 56.1 Å². The van der Waals surface area contributed by atoms with Crippen LogP contribution in [0.3, 0.4) is 0 Å². The lowest BCUT2D eigenvalue weighted by Gasteiger charge is -2.13. The van der Waals surface area contributed by atoms with Crippen LogP contribution < -0.4 is 10.1 Å². The van der Waals surface area contributed by atoms with E-state index in [9.17, 15) is 9.59 Å². The van der Waals surface area contributed by atoms with Gasteiger partial charge in [0.15, 0.2) is 5.75 Å². The smallest absolute Gasteiger partial charge is 0.335 e. The van der Waals surface area contributed by atoms with Crippen molar-refractivity contribution in [2.75, 3.05) is 12.4 Å². The average Bonchev–Trinajstić information content (AvgIpc) is 2.47. The first kappa shape index (κ1) is 16.6. The molecule has 0 bridgehead atoms. The zero-order valence-electron chi connectivity index (χ0n) is 11.4. The van der Waals surface area contributed by atoms with Gasteiger partial charge in [-0.2, -0.15) is 0 Å². The van der Waals surface area contributed by atoms with E-state index in [0.717, 1.165) is 3.57 Å². The van der Waals surface area contributed by atoms with Gasteiger partial charge in [0.25, 0.3) is 5.91 Å². The Morgan fingerprint density at radius 3 is 2.36 bits per heavy atom. The first-order valence-electron chi connectivity index (χ1n) is 6.10. The normalized spacial score (nSPS) is 10.1. The molecule has 0 spiro atoms. The molecular weight excluding hydrogens is 421 g/mol. The predicted octanol–water partition coefficient (Wildman–Crippen LogP) is 3.90. The minimum atomic E-state index is -1.14. The van der Waals surface area contributed by atoms with Gasteiger partial charge >= 0.3 is 5.97 Å². The van der Waals surface area contributed by atoms with Crippen LogP contribution in [0.2, 0.25) is 5.02 Å². The van der Waals surface area contributed by atoms with Crippen molar-refractivity contribution in [1.29, 1.82) is 0 Å². The topological polar surface area (TPSA) is 75.6 Å². The first-order valence-corrected chi connectivity index (χ1v) is 7.55. The number of hydrogen-bond donors (Lipinski definition) is 2. The van der Waals surface area contributed by atoms with Crippen LogP contribution in [0.1, 0.15) is 20.7 Å². The van der Waals surface area contributed by atoms with Crippen LogP contribution >= 0.6 is 34.2 Å². The molecule has 0 aliphatic heterocycles. The van der Waals surface area contributed by atoms with E-state index in [0.29, 0.717) is 5.56 Å². The highest BCUT2D eigenvalue weighted by molar-refractivity contribution is 14.1. The standard InChI is InChI=1S/C15H11ClINO4/c1-22-13-11(16)6-9(15(20)21)7-12(13)18-14(19)8-2-4-10(17)5-3-8/h2-7H,1H3,(H,18,19)(H,20,21). The highest BCUT2D eigenvalue weighted by Gasteiger charge is 2.16. The number of carboxylic acids is 1. The van der Waals surface area contributed by atoms with Gasteiger partial charge in [-0.15, -0.1) is 0 Å². The maximum atomic E-state index is 12.2. The molecular formula is C15H11ClINO4. The number of aromatic carboxylic acids is 1. The van der Waals surface area contributed by atoms with Gasteiger partial charge in [-0.1, -0.05) is 11.6 Å². The number of carbonyl (C=O) groups excluding carboxylic acids is 1. The first-order chi connectivity index (χ1) is 10.4. The zero-order chi connectivity index (χ0) is 16.3. The van der Waals surface area contributed by atoms with Gasteiger partial charge in [0.05, 0.1) is 23.4 Å². The summed E-state index contributed by atoms with van der Waals surface area (Å²) in [5.41, 5.74) is 0.610. The maximum Gasteiger partial charge on any atom is 0.335 e. The largest absolute Gasteiger partial charge is 0.493 e. The Labute approximate surface area is 145 Å². The van der Waals surface area contributed by atoms with Crippen molar-refractivity contribution in [3.63, 3.8) is 0 Å². The van der Waals surface area contributed by atoms with Gasteiger partial charge in [-0.25, -0.2) is 4.79 Å². The number of anilines is 1. The van der Waals surface area contributed by atoms with Crippen LogP contribution in [0.4, 0.5) is 5.69 Å². The van der Waals surface area contributed by atoms with Crippen molar-refractivity contribution < 1.29 is 19.4 Å². The monoisotopic (exact) mass is 431 g/mol. The highest BCUT2D eigenvalue weighted by atomic mass is 127. The van der Waals surface area contributed by atoms with Gasteiger partial charge in [0.1, 0.15) is 0 Å². The van der Waals surface area contributed by atoms with E-state index in [2.05, 4.69) is 27.9 Å². The van der Waals surface area contributed by atoms with Gasteiger partial charge in [0.2, 0.25) is 0 Å². The number of amides is 1. The fraction of sp³-hybridized carbons (Fsp3) is 0.0667. The molecule has 0 aromatic heterocycles. The summed E-state index contributed by atoms with van der Waals surface area (Å²) in [6.45, 7) is 0. The Morgan fingerprint density at radius 1 is 1.18 bits per heavy atom. The second-order valence-electron chi connectivity index (χ2n) is 4.31. The van der Waals surface area contributed by atoms with Crippen LogP contribution in [0.15, 0.2) is 36.4 Å². The van der Waals surface area contributed by atoms with Gasteiger partial charge in [-0.3, -0.25) is 4.79 Å². The number of carbonyl (C=O) groups is 2. The summed E-state index contributed by atoms with van der Waals surface area (Å²) in [5, 5.41) is 11.8. The summed E-state index contributed by atoms with van der Waals surface area (Å²) in [6, 6.07) is 9.51. The summed E-state index contributed by atoms with van der Waals surface area (Å²) in [5.74, 6) is -1.31. The van der Waals surface area contributed by atoms with Crippen LogP contribution in [0.25, 0.3) is 0 Å². The molecule has 0 atom stereocenters. The second kappa shape index (κ2) is 6.97. The maximum absolute atomic E-state index is 12.2. The average molecular weight is 432 g/mol. The Morgan fingerprint density at radius 2 is 1.82 bits per heavy atom. The third-order valence-electron chi connectivity index (χ3n) is 2.85. The molecule has 5 nitrogen and oxygen atoms in total. The molecule has 0 saturated heterocycles. The summed E-state index contributed by atoms with van der Waals surface area (Å²) in [6.07, 6.45) is 0. The Bertz CT molecular complexity index is 731. The number of rotatable bonds is 4. The van der Waals surface area contributed by atoms with E-state index >= 15 is 0 Å². The summed E-state index contributed by atoms with van der Waals surface area (Å²) in [4.78, 5) is 23.3. The Hall–Kier alpha value is -1.80. The van der Waals surface area contributed by atoms with Gasteiger partial charge in [0, 0.05) is 9.13 Å². The minimum Gasteiger partial charge on any atom is -0.493 e. The molecule has 0 aliphatic carbocycles. The van der Waals surface area contributed by atoms with E-state index in [4.69, 9.17) is 21.4 Å². The minimum absolute atomic E-state index is 0.0382. The van der Waals surface area contributed by atoms with E-state index in [1.165, 1.54) is 19.2 Å². The fourth-order valence-electron chi connectivity index (χ4n) is 1.81. The van der Waals surface area contributed by atoms with E-state index in [1.807, 2.05) is 0 Å². The highest BCUT2D eigenvalue weighted by Crippen LogP contribution is 2.34. The molecule has 2 N–H and O–H groups in total. The fourth-order valence-corrected chi connectivity index (χ4v) is 2.47. The number of methoxy groups -OCH3 is 1. The van der Waals surface area contributed by atoms with E-state index < -0.39 is 5.97 Å². The number of nitrogens with one attached hydrogen (secondary N) is 1. The lowest BCUT2D eigenvalue weighted by Crippen LogP contribution is -2.13. The molecule has 0 unspecified atom stereocenters. The Balaban J connectivity index is 2.37. The Kier molecular flexibility index (Phi) is 5.25. The molecule has 22 heavy (non-hydrogen) atoms. The SMILES string of the molecule is COc1c(Cl)cc(C(=O)O)cc1NC(=O)c1ccc(I)cc1. The van der Waals surface area contributed by atoms with Crippen LogP contribution in [-0.4, -0.2) is 24.1 Å². The molecule has 0 heterocycles. The quantitative estimate of drug-likeness (QED) is 0.720. The van der Waals surface area contributed by atoms with Crippen LogP contribution in [0.5, 0.6) is 5.75 Å². The summed E-state index contributed by atoms with van der Waals surface area (Å²) < 4.78 is 6.13. The van der Waals surface area contributed by atoms with Crippen molar-refractivity contribution in [2.45, 2.75) is 0 Å². The number of hydrogen-bond acceptors (Lipinski definition) is 3.